The largest absolute Gasteiger partial charge is 0.312 e. The Morgan fingerprint density at radius 2 is 1.62 bits per heavy atom. The van der Waals surface area contributed by atoms with E-state index in [1.165, 1.54) is 43.3 Å². The van der Waals surface area contributed by atoms with Gasteiger partial charge in [0, 0.05) is 25.7 Å². The highest BCUT2D eigenvalue weighted by Crippen LogP contribution is 2.54. The highest BCUT2D eigenvalue weighted by atomic mass is 15.0. The third-order valence-electron chi connectivity index (χ3n) is 6.70. The van der Waals surface area contributed by atoms with Crippen LogP contribution in [-0.4, -0.2) is 25.7 Å². The summed E-state index contributed by atoms with van der Waals surface area (Å²) in [4.78, 5) is 0. The molecule has 3 rings (SSSR count). The van der Waals surface area contributed by atoms with Crippen LogP contribution in [-0.2, 0) is 0 Å². The molecule has 136 valence electrons. The van der Waals surface area contributed by atoms with Gasteiger partial charge in [-0.05, 0) is 89.4 Å². The fourth-order valence-corrected chi connectivity index (χ4v) is 5.50. The number of hydrogen-bond acceptors (Lipinski definition) is 2. The van der Waals surface area contributed by atoms with E-state index in [0.29, 0.717) is 0 Å². The van der Waals surface area contributed by atoms with Gasteiger partial charge in [0.2, 0.25) is 0 Å². The first-order valence-electron chi connectivity index (χ1n) is 10.3. The number of rotatable bonds is 9. The Balaban J connectivity index is 1.26. The van der Waals surface area contributed by atoms with Crippen molar-refractivity contribution in [3.8, 4) is 0 Å². The molecule has 0 spiro atoms. The molecule has 3 saturated carbocycles. The minimum atomic E-state index is 0.819. The van der Waals surface area contributed by atoms with Gasteiger partial charge in [0.1, 0.15) is 0 Å². The predicted molar refractivity (Wildman–Crippen MR) is 104 cm³/mol. The quantitative estimate of drug-likeness (QED) is 0.474. The number of nitrogens with one attached hydrogen (secondary N) is 2. The molecule has 0 radical (unpaired) electrons. The third-order valence-corrected chi connectivity index (χ3v) is 6.70. The molecule has 5 unspecified atom stereocenters. The standard InChI is InChI=1S/C22H38N2/c1-16(2)5-4-6-17(3)7-8-23-9-10-24-22-15-20-12-18-11-19(20)14-21(22)13-18/h5,7,18-24H,4,6,8-15H2,1-3H3. The van der Waals surface area contributed by atoms with Crippen LogP contribution in [0, 0.1) is 23.7 Å². The monoisotopic (exact) mass is 330 g/mol. The summed E-state index contributed by atoms with van der Waals surface area (Å²) < 4.78 is 0. The molecule has 0 aromatic heterocycles. The Labute approximate surface area is 149 Å². The topological polar surface area (TPSA) is 24.1 Å². The number of hydrogen-bond donors (Lipinski definition) is 2. The van der Waals surface area contributed by atoms with Crippen LogP contribution in [0.5, 0.6) is 0 Å². The van der Waals surface area contributed by atoms with Gasteiger partial charge in [0.15, 0.2) is 0 Å². The number of allylic oxidation sites excluding steroid dienone is 3. The summed E-state index contributed by atoms with van der Waals surface area (Å²) in [5.41, 5.74) is 2.93. The summed E-state index contributed by atoms with van der Waals surface area (Å²) in [6.45, 7) is 9.86. The van der Waals surface area contributed by atoms with E-state index in [-0.39, 0.29) is 0 Å². The predicted octanol–water partition coefficient (Wildman–Crippen LogP) is 4.68. The molecule has 3 bridgehead atoms. The lowest BCUT2D eigenvalue weighted by Crippen LogP contribution is -2.45. The first-order chi connectivity index (χ1) is 11.6. The Kier molecular flexibility index (Phi) is 6.57. The minimum absolute atomic E-state index is 0.819. The van der Waals surface area contributed by atoms with Gasteiger partial charge in [-0.1, -0.05) is 23.3 Å². The summed E-state index contributed by atoms with van der Waals surface area (Å²) >= 11 is 0. The summed E-state index contributed by atoms with van der Waals surface area (Å²) in [5, 5.41) is 7.46. The zero-order valence-corrected chi connectivity index (χ0v) is 16.1. The molecule has 0 heterocycles. The van der Waals surface area contributed by atoms with Gasteiger partial charge in [0.05, 0.1) is 0 Å². The van der Waals surface area contributed by atoms with Crippen LogP contribution in [0.15, 0.2) is 23.3 Å². The summed E-state index contributed by atoms with van der Waals surface area (Å²) in [7, 11) is 0. The second-order valence-electron chi connectivity index (χ2n) is 8.96. The molecule has 2 nitrogen and oxygen atoms in total. The van der Waals surface area contributed by atoms with Crippen molar-refractivity contribution in [1.29, 1.82) is 0 Å². The Hall–Kier alpha value is -0.600. The first kappa shape index (κ1) is 18.2. The van der Waals surface area contributed by atoms with Crippen LogP contribution in [0.2, 0.25) is 0 Å². The van der Waals surface area contributed by atoms with Crippen LogP contribution in [0.1, 0.15) is 65.7 Å². The average Bonchev–Trinajstić information content (AvgIpc) is 2.74. The maximum atomic E-state index is 3.88. The van der Waals surface area contributed by atoms with Crippen LogP contribution in [0.4, 0.5) is 0 Å². The van der Waals surface area contributed by atoms with Gasteiger partial charge >= 0.3 is 0 Å². The maximum Gasteiger partial charge on any atom is 0.0137 e. The van der Waals surface area contributed by atoms with Crippen LogP contribution >= 0.6 is 0 Å². The molecule has 0 aliphatic heterocycles. The van der Waals surface area contributed by atoms with Crippen molar-refractivity contribution in [3.63, 3.8) is 0 Å². The molecule has 0 aromatic rings. The van der Waals surface area contributed by atoms with Gasteiger partial charge in [-0.15, -0.1) is 0 Å². The third kappa shape index (κ3) is 4.95. The lowest BCUT2D eigenvalue weighted by atomic mass is 9.69. The first-order valence-corrected chi connectivity index (χ1v) is 10.3. The Morgan fingerprint density at radius 1 is 0.875 bits per heavy atom. The second-order valence-corrected chi connectivity index (χ2v) is 8.96. The highest BCUT2D eigenvalue weighted by molar-refractivity contribution is 5.03. The van der Waals surface area contributed by atoms with E-state index in [2.05, 4.69) is 43.6 Å². The van der Waals surface area contributed by atoms with Crippen molar-refractivity contribution in [1.82, 2.24) is 10.6 Å². The smallest absolute Gasteiger partial charge is 0.0137 e. The molecule has 3 fully saturated rings. The number of fused-ring (bicyclic) bond motifs is 2. The Bertz CT molecular complexity index is 459. The maximum absolute atomic E-state index is 3.88. The van der Waals surface area contributed by atoms with Crippen LogP contribution < -0.4 is 10.6 Å². The minimum Gasteiger partial charge on any atom is -0.312 e. The van der Waals surface area contributed by atoms with Crippen molar-refractivity contribution in [3.05, 3.63) is 23.3 Å². The molecule has 0 aromatic carbocycles. The molecule has 0 amide bonds. The van der Waals surface area contributed by atoms with Gasteiger partial charge in [-0.2, -0.15) is 0 Å². The van der Waals surface area contributed by atoms with E-state index in [1.807, 2.05) is 0 Å². The van der Waals surface area contributed by atoms with E-state index in [1.54, 1.807) is 12.8 Å². The van der Waals surface area contributed by atoms with Crippen molar-refractivity contribution in [2.45, 2.75) is 71.8 Å². The van der Waals surface area contributed by atoms with Crippen molar-refractivity contribution in [2.24, 2.45) is 23.7 Å². The molecule has 3 aliphatic carbocycles. The molecule has 2 heteroatoms. The van der Waals surface area contributed by atoms with E-state index in [4.69, 9.17) is 0 Å². The highest BCUT2D eigenvalue weighted by Gasteiger charge is 2.47. The summed E-state index contributed by atoms with van der Waals surface area (Å²) in [5.74, 6) is 4.24. The zero-order valence-electron chi connectivity index (χ0n) is 16.1. The second kappa shape index (κ2) is 8.67. The lowest BCUT2D eigenvalue weighted by molar-refractivity contribution is 0.132. The van der Waals surface area contributed by atoms with Gasteiger partial charge in [0.25, 0.3) is 0 Å². The van der Waals surface area contributed by atoms with Gasteiger partial charge in [-0.25, -0.2) is 0 Å². The molecule has 3 aliphatic rings. The lowest BCUT2D eigenvalue weighted by Gasteiger charge is -2.40. The van der Waals surface area contributed by atoms with Crippen molar-refractivity contribution < 1.29 is 0 Å². The average molecular weight is 331 g/mol. The van der Waals surface area contributed by atoms with Crippen molar-refractivity contribution >= 4 is 0 Å². The molecule has 2 N–H and O–H groups in total. The van der Waals surface area contributed by atoms with E-state index < -0.39 is 0 Å². The van der Waals surface area contributed by atoms with E-state index in [9.17, 15) is 0 Å². The van der Waals surface area contributed by atoms with E-state index >= 15 is 0 Å². The normalized spacial score (nSPS) is 34.6. The molecule has 0 saturated heterocycles. The fraction of sp³-hybridized carbons (Fsp3) is 0.818. The molecule has 24 heavy (non-hydrogen) atoms. The molecular formula is C22H38N2. The van der Waals surface area contributed by atoms with Crippen LogP contribution in [0.3, 0.4) is 0 Å². The SMILES string of the molecule is CC(C)=CCCC(C)=CCNCCNC1CC2CC3CC2CC1C3. The molecule has 5 atom stereocenters. The van der Waals surface area contributed by atoms with Gasteiger partial charge < -0.3 is 10.6 Å². The fourth-order valence-electron chi connectivity index (χ4n) is 5.50. The van der Waals surface area contributed by atoms with Gasteiger partial charge in [-0.3, -0.25) is 0 Å². The van der Waals surface area contributed by atoms with Crippen molar-refractivity contribution in [2.75, 3.05) is 19.6 Å². The zero-order chi connectivity index (χ0) is 16.9. The van der Waals surface area contributed by atoms with E-state index in [0.717, 1.165) is 49.3 Å². The molecular weight excluding hydrogens is 292 g/mol. The summed E-state index contributed by atoms with van der Waals surface area (Å²) in [6, 6.07) is 0.819. The summed E-state index contributed by atoms with van der Waals surface area (Å²) in [6.07, 6.45) is 14.7. The Morgan fingerprint density at radius 3 is 2.42 bits per heavy atom. The van der Waals surface area contributed by atoms with Crippen LogP contribution in [0.25, 0.3) is 0 Å².